The average Bonchev–Trinajstić information content (AvgIpc) is 2.34. The third-order valence-corrected chi connectivity index (χ3v) is 2.85. The van der Waals surface area contributed by atoms with Crippen molar-refractivity contribution < 1.29 is 10.0 Å². The van der Waals surface area contributed by atoms with Crippen LogP contribution in [0, 0.1) is 3.57 Å². The molecule has 0 aliphatic rings. The number of nitrogens with zero attached hydrogens (tertiary/aromatic N) is 1. The Morgan fingerprint density at radius 1 is 1.41 bits per heavy atom. The van der Waals surface area contributed by atoms with E-state index >= 15 is 0 Å². The van der Waals surface area contributed by atoms with Gasteiger partial charge in [-0.25, -0.2) is 0 Å². The van der Waals surface area contributed by atoms with Crippen molar-refractivity contribution in [1.82, 2.24) is 5.32 Å². The van der Waals surface area contributed by atoms with Gasteiger partial charge in [-0.2, -0.15) is 0 Å². The van der Waals surface area contributed by atoms with Gasteiger partial charge in [-0.3, -0.25) is 4.79 Å². The van der Waals surface area contributed by atoms with E-state index in [4.69, 9.17) is 10.9 Å². The molecule has 1 amide bonds. The quantitative estimate of drug-likeness (QED) is 0.189. The van der Waals surface area contributed by atoms with Gasteiger partial charge in [-0.15, -0.1) is 0 Å². The van der Waals surface area contributed by atoms with E-state index in [0.717, 1.165) is 3.57 Å². The van der Waals surface area contributed by atoms with Crippen molar-refractivity contribution >= 4 is 34.3 Å². The standard InChI is InChI=1S/C11H14IN3O2/c12-9-5-3-8(4-6-9)11(16)14-7-1-2-10(13)15-17/h3-6,17H,1-2,7H2,(H2,13,15)(H,14,16). The zero-order chi connectivity index (χ0) is 12.7. The summed E-state index contributed by atoms with van der Waals surface area (Å²) < 4.78 is 1.09. The zero-order valence-corrected chi connectivity index (χ0v) is 11.3. The molecule has 0 bridgehead atoms. The Hall–Kier alpha value is -1.31. The molecule has 1 rings (SSSR count). The van der Waals surface area contributed by atoms with Gasteiger partial charge in [0.2, 0.25) is 0 Å². The zero-order valence-electron chi connectivity index (χ0n) is 9.19. The molecule has 1 aromatic carbocycles. The van der Waals surface area contributed by atoms with Gasteiger partial charge in [0.1, 0.15) is 5.84 Å². The summed E-state index contributed by atoms with van der Waals surface area (Å²) >= 11 is 2.18. The first-order valence-electron chi connectivity index (χ1n) is 5.13. The maximum atomic E-state index is 11.6. The SMILES string of the molecule is NC(CCCNC(=O)c1ccc(I)cc1)=NO. The number of nitrogens with two attached hydrogens (primary N) is 1. The van der Waals surface area contributed by atoms with E-state index < -0.39 is 0 Å². The normalized spacial score (nSPS) is 11.2. The predicted molar refractivity (Wildman–Crippen MR) is 74.1 cm³/mol. The molecular formula is C11H14IN3O2. The molecule has 1 aromatic rings. The van der Waals surface area contributed by atoms with Gasteiger partial charge in [-0.05, 0) is 53.3 Å². The van der Waals surface area contributed by atoms with Crippen LogP contribution < -0.4 is 11.1 Å². The Kier molecular flexibility index (Phi) is 5.75. The summed E-state index contributed by atoms with van der Waals surface area (Å²) in [6.45, 7) is 0.501. The lowest BCUT2D eigenvalue weighted by Gasteiger charge is -2.04. The van der Waals surface area contributed by atoms with Crippen LogP contribution in [-0.2, 0) is 0 Å². The summed E-state index contributed by atoms with van der Waals surface area (Å²) in [5.74, 6) is 0.0643. The highest BCUT2D eigenvalue weighted by atomic mass is 127. The van der Waals surface area contributed by atoms with Gasteiger partial charge in [0.05, 0.1) is 0 Å². The lowest BCUT2D eigenvalue weighted by atomic mass is 10.2. The molecule has 0 unspecified atom stereocenters. The summed E-state index contributed by atoms with van der Waals surface area (Å²) in [5.41, 5.74) is 5.94. The van der Waals surface area contributed by atoms with Crippen LogP contribution >= 0.6 is 22.6 Å². The molecule has 0 fully saturated rings. The number of rotatable bonds is 5. The van der Waals surface area contributed by atoms with Crippen LogP contribution in [0.15, 0.2) is 29.4 Å². The number of amides is 1. The Balaban J connectivity index is 2.33. The third kappa shape index (κ3) is 5.03. The molecule has 92 valence electrons. The summed E-state index contributed by atoms with van der Waals surface area (Å²) in [7, 11) is 0. The molecule has 6 heteroatoms. The summed E-state index contributed by atoms with van der Waals surface area (Å²) in [6.07, 6.45) is 1.11. The second-order valence-corrected chi connectivity index (χ2v) is 4.70. The van der Waals surface area contributed by atoms with Crippen molar-refractivity contribution in [2.75, 3.05) is 6.54 Å². The predicted octanol–water partition coefficient (Wildman–Crippen LogP) is 1.55. The van der Waals surface area contributed by atoms with Crippen molar-refractivity contribution in [3.63, 3.8) is 0 Å². The highest BCUT2D eigenvalue weighted by Gasteiger charge is 2.04. The molecule has 0 saturated heterocycles. The number of benzene rings is 1. The summed E-state index contributed by atoms with van der Waals surface area (Å²) in [6, 6.07) is 7.32. The molecular weight excluding hydrogens is 333 g/mol. The molecule has 0 radical (unpaired) electrons. The van der Waals surface area contributed by atoms with E-state index in [2.05, 4.69) is 33.1 Å². The maximum absolute atomic E-state index is 11.6. The van der Waals surface area contributed by atoms with Gasteiger partial charge in [-0.1, -0.05) is 5.16 Å². The number of carbonyl (C=O) groups excluding carboxylic acids is 1. The van der Waals surface area contributed by atoms with Crippen LogP contribution in [0.2, 0.25) is 0 Å². The number of hydrogen-bond acceptors (Lipinski definition) is 3. The minimum Gasteiger partial charge on any atom is -0.409 e. The molecule has 5 nitrogen and oxygen atoms in total. The Labute approximate surface area is 113 Å². The molecule has 0 atom stereocenters. The number of amidine groups is 1. The van der Waals surface area contributed by atoms with Crippen molar-refractivity contribution in [3.8, 4) is 0 Å². The largest absolute Gasteiger partial charge is 0.409 e. The van der Waals surface area contributed by atoms with Gasteiger partial charge >= 0.3 is 0 Å². The number of carbonyl (C=O) groups is 1. The number of nitrogens with one attached hydrogen (secondary N) is 1. The van der Waals surface area contributed by atoms with Crippen molar-refractivity contribution in [2.24, 2.45) is 10.9 Å². The van der Waals surface area contributed by atoms with E-state index in [1.165, 1.54) is 0 Å². The van der Waals surface area contributed by atoms with Crippen molar-refractivity contribution in [1.29, 1.82) is 0 Å². The molecule has 0 heterocycles. The Morgan fingerprint density at radius 2 is 2.06 bits per heavy atom. The Morgan fingerprint density at radius 3 is 2.65 bits per heavy atom. The van der Waals surface area contributed by atoms with Gasteiger partial charge in [0, 0.05) is 22.1 Å². The first-order valence-corrected chi connectivity index (χ1v) is 6.21. The third-order valence-electron chi connectivity index (χ3n) is 2.13. The molecule has 4 N–H and O–H groups in total. The fourth-order valence-corrected chi connectivity index (χ4v) is 1.58. The van der Waals surface area contributed by atoms with E-state index in [-0.39, 0.29) is 11.7 Å². The van der Waals surface area contributed by atoms with Crippen molar-refractivity contribution in [3.05, 3.63) is 33.4 Å². The molecule has 17 heavy (non-hydrogen) atoms. The van der Waals surface area contributed by atoms with Crippen LogP contribution in [0.4, 0.5) is 0 Å². The smallest absolute Gasteiger partial charge is 0.251 e. The average molecular weight is 347 g/mol. The van der Waals surface area contributed by atoms with E-state index in [1.807, 2.05) is 12.1 Å². The second kappa shape index (κ2) is 7.10. The van der Waals surface area contributed by atoms with Gasteiger partial charge in [0.15, 0.2) is 0 Å². The fourth-order valence-electron chi connectivity index (χ4n) is 1.22. The summed E-state index contributed by atoms with van der Waals surface area (Å²) in [5, 5.41) is 13.9. The highest BCUT2D eigenvalue weighted by Crippen LogP contribution is 2.06. The minimum absolute atomic E-state index is 0.110. The van der Waals surface area contributed by atoms with Crippen LogP contribution in [0.1, 0.15) is 23.2 Å². The molecule has 0 saturated carbocycles. The van der Waals surface area contributed by atoms with Crippen LogP contribution in [0.25, 0.3) is 0 Å². The topological polar surface area (TPSA) is 87.7 Å². The van der Waals surface area contributed by atoms with E-state index in [1.54, 1.807) is 12.1 Å². The van der Waals surface area contributed by atoms with Gasteiger partial charge in [0.25, 0.3) is 5.91 Å². The first-order chi connectivity index (χ1) is 8.13. The monoisotopic (exact) mass is 347 g/mol. The maximum Gasteiger partial charge on any atom is 0.251 e. The first kappa shape index (κ1) is 13.8. The van der Waals surface area contributed by atoms with Crippen LogP contribution in [0.3, 0.4) is 0 Å². The lowest BCUT2D eigenvalue weighted by molar-refractivity contribution is 0.0953. The fraction of sp³-hybridized carbons (Fsp3) is 0.273. The van der Waals surface area contributed by atoms with Crippen molar-refractivity contribution in [2.45, 2.75) is 12.8 Å². The van der Waals surface area contributed by atoms with Crippen LogP contribution in [-0.4, -0.2) is 23.5 Å². The van der Waals surface area contributed by atoms with Gasteiger partial charge < -0.3 is 16.3 Å². The lowest BCUT2D eigenvalue weighted by Crippen LogP contribution is -2.25. The van der Waals surface area contributed by atoms with E-state index in [0.29, 0.717) is 24.9 Å². The molecule has 0 aliphatic carbocycles. The molecule has 0 aliphatic heterocycles. The highest BCUT2D eigenvalue weighted by molar-refractivity contribution is 14.1. The minimum atomic E-state index is -0.110. The Bertz CT molecular complexity index is 404. The van der Waals surface area contributed by atoms with Crippen LogP contribution in [0.5, 0.6) is 0 Å². The summed E-state index contributed by atoms with van der Waals surface area (Å²) in [4.78, 5) is 11.6. The number of oxime groups is 1. The molecule has 0 aromatic heterocycles. The molecule has 0 spiro atoms. The van der Waals surface area contributed by atoms with E-state index in [9.17, 15) is 4.79 Å². The number of halogens is 1. The second-order valence-electron chi connectivity index (χ2n) is 3.46. The number of hydrogen-bond donors (Lipinski definition) is 3.